The number of benzene rings is 1. The third-order valence-electron chi connectivity index (χ3n) is 1.98. The molecule has 15 heavy (non-hydrogen) atoms. The fourth-order valence-electron chi connectivity index (χ4n) is 1.29. The lowest BCUT2D eigenvalue weighted by Crippen LogP contribution is -1.93. The van der Waals surface area contributed by atoms with Gasteiger partial charge in [0.1, 0.15) is 18.1 Å². The summed E-state index contributed by atoms with van der Waals surface area (Å²) in [5.41, 5.74) is 1.00. The molecule has 0 aliphatic rings. The summed E-state index contributed by atoms with van der Waals surface area (Å²) in [5, 5.41) is 13.3. The molecule has 1 aromatic heterocycles. The van der Waals surface area contributed by atoms with Gasteiger partial charge in [-0.1, -0.05) is 6.07 Å². The second-order valence-electron chi connectivity index (χ2n) is 3.31. The van der Waals surface area contributed by atoms with Gasteiger partial charge in [0.15, 0.2) is 0 Å². The molecule has 0 spiro atoms. The van der Waals surface area contributed by atoms with E-state index in [-0.39, 0.29) is 5.75 Å². The Hall–Kier alpha value is -1.97. The minimum Gasteiger partial charge on any atom is -0.508 e. The van der Waals surface area contributed by atoms with Crippen molar-refractivity contribution >= 4 is 0 Å². The highest BCUT2D eigenvalue weighted by Crippen LogP contribution is 2.18. The third-order valence-corrected chi connectivity index (χ3v) is 1.98. The van der Waals surface area contributed by atoms with Crippen molar-refractivity contribution in [1.29, 1.82) is 0 Å². The minimum absolute atomic E-state index is 0.207. The first kappa shape index (κ1) is 9.58. The summed E-state index contributed by atoms with van der Waals surface area (Å²) in [7, 11) is 1.86. The van der Waals surface area contributed by atoms with Gasteiger partial charge in [0.2, 0.25) is 0 Å². The van der Waals surface area contributed by atoms with Crippen molar-refractivity contribution in [3.63, 3.8) is 0 Å². The predicted molar refractivity (Wildman–Crippen MR) is 55.6 cm³/mol. The van der Waals surface area contributed by atoms with E-state index in [1.54, 1.807) is 35.1 Å². The second-order valence-corrected chi connectivity index (χ2v) is 3.31. The van der Waals surface area contributed by atoms with E-state index in [1.165, 1.54) is 0 Å². The van der Waals surface area contributed by atoms with E-state index in [2.05, 4.69) is 5.10 Å². The topological polar surface area (TPSA) is 47.3 Å². The van der Waals surface area contributed by atoms with Crippen LogP contribution >= 0.6 is 0 Å². The van der Waals surface area contributed by atoms with E-state index in [0.717, 1.165) is 5.56 Å². The van der Waals surface area contributed by atoms with Crippen molar-refractivity contribution in [2.75, 3.05) is 0 Å². The maximum Gasteiger partial charge on any atom is 0.123 e. The lowest BCUT2D eigenvalue weighted by Gasteiger charge is -2.04. The van der Waals surface area contributed by atoms with Crippen LogP contribution in [0.1, 0.15) is 5.56 Å². The van der Waals surface area contributed by atoms with Crippen LogP contribution in [0.5, 0.6) is 11.5 Å². The molecule has 2 aromatic rings. The van der Waals surface area contributed by atoms with E-state index in [4.69, 9.17) is 4.74 Å². The van der Waals surface area contributed by atoms with Gasteiger partial charge in [0.25, 0.3) is 0 Å². The molecule has 2 rings (SSSR count). The predicted octanol–water partition coefficient (Wildman–Crippen LogP) is 1.70. The summed E-state index contributed by atoms with van der Waals surface area (Å²) < 4.78 is 7.20. The molecule has 0 saturated carbocycles. The summed E-state index contributed by atoms with van der Waals surface area (Å²) in [6.45, 7) is 0.456. The fourth-order valence-corrected chi connectivity index (χ4v) is 1.29. The van der Waals surface area contributed by atoms with Crippen LogP contribution in [0.4, 0.5) is 0 Å². The summed E-state index contributed by atoms with van der Waals surface area (Å²) in [6, 6.07) is 6.73. The first-order valence-corrected chi connectivity index (χ1v) is 4.63. The summed E-state index contributed by atoms with van der Waals surface area (Å²) in [6.07, 6.45) is 3.64. The Balaban J connectivity index is 1.99. The van der Waals surface area contributed by atoms with Crippen LogP contribution in [0.15, 0.2) is 36.7 Å². The molecule has 0 saturated heterocycles. The molecule has 1 N–H and O–H groups in total. The molecule has 1 heterocycles. The molecule has 0 fully saturated rings. The van der Waals surface area contributed by atoms with Gasteiger partial charge in [0.05, 0.1) is 6.20 Å². The summed E-state index contributed by atoms with van der Waals surface area (Å²) in [4.78, 5) is 0. The molecular weight excluding hydrogens is 192 g/mol. The quantitative estimate of drug-likeness (QED) is 0.827. The zero-order valence-corrected chi connectivity index (χ0v) is 8.42. The number of ether oxygens (including phenoxy) is 1. The Morgan fingerprint density at radius 3 is 3.00 bits per heavy atom. The van der Waals surface area contributed by atoms with Gasteiger partial charge in [0, 0.05) is 24.9 Å². The zero-order chi connectivity index (χ0) is 10.7. The van der Waals surface area contributed by atoms with Gasteiger partial charge in [-0.3, -0.25) is 4.68 Å². The Labute approximate surface area is 87.7 Å². The average molecular weight is 204 g/mol. The lowest BCUT2D eigenvalue weighted by atomic mass is 10.3. The molecule has 0 amide bonds. The van der Waals surface area contributed by atoms with Crippen molar-refractivity contribution < 1.29 is 9.84 Å². The monoisotopic (exact) mass is 204 g/mol. The van der Waals surface area contributed by atoms with Crippen LogP contribution in [-0.4, -0.2) is 14.9 Å². The number of hydrogen-bond acceptors (Lipinski definition) is 3. The molecular formula is C11H12N2O2. The minimum atomic E-state index is 0.207. The molecule has 0 atom stereocenters. The van der Waals surface area contributed by atoms with Crippen molar-refractivity contribution in [2.45, 2.75) is 6.61 Å². The standard InChI is InChI=1S/C11H12N2O2/c1-13-7-9(6-12-13)8-15-11-4-2-3-10(14)5-11/h2-7,14H,8H2,1H3. The summed E-state index contributed by atoms with van der Waals surface area (Å²) in [5.74, 6) is 0.859. The van der Waals surface area contributed by atoms with Crippen molar-refractivity contribution in [2.24, 2.45) is 7.05 Å². The van der Waals surface area contributed by atoms with Crippen LogP contribution in [0, 0.1) is 0 Å². The van der Waals surface area contributed by atoms with Crippen LogP contribution in [0.3, 0.4) is 0 Å². The normalized spacial score (nSPS) is 10.2. The molecule has 4 heteroatoms. The number of aryl methyl sites for hydroxylation is 1. The van der Waals surface area contributed by atoms with E-state index in [0.29, 0.717) is 12.4 Å². The van der Waals surface area contributed by atoms with E-state index in [9.17, 15) is 5.11 Å². The molecule has 0 aliphatic heterocycles. The lowest BCUT2D eigenvalue weighted by molar-refractivity contribution is 0.304. The van der Waals surface area contributed by atoms with Crippen molar-refractivity contribution in [3.8, 4) is 11.5 Å². The van der Waals surface area contributed by atoms with Gasteiger partial charge in [-0.05, 0) is 12.1 Å². The number of aromatic hydroxyl groups is 1. The first-order valence-electron chi connectivity index (χ1n) is 4.63. The maximum absolute atomic E-state index is 9.22. The molecule has 1 aromatic carbocycles. The number of phenols is 1. The molecule has 0 radical (unpaired) electrons. The SMILES string of the molecule is Cn1cc(COc2cccc(O)c2)cn1. The second kappa shape index (κ2) is 4.04. The Morgan fingerprint density at radius 2 is 2.33 bits per heavy atom. The van der Waals surface area contributed by atoms with Crippen LogP contribution in [-0.2, 0) is 13.7 Å². The third kappa shape index (κ3) is 2.49. The van der Waals surface area contributed by atoms with Crippen LogP contribution in [0.2, 0.25) is 0 Å². The van der Waals surface area contributed by atoms with Gasteiger partial charge >= 0.3 is 0 Å². The number of hydrogen-bond donors (Lipinski definition) is 1. The highest BCUT2D eigenvalue weighted by molar-refractivity contribution is 5.31. The average Bonchev–Trinajstić information content (AvgIpc) is 2.62. The molecule has 4 nitrogen and oxygen atoms in total. The Kier molecular flexibility index (Phi) is 2.58. The van der Waals surface area contributed by atoms with E-state index < -0.39 is 0 Å². The summed E-state index contributed by atoms with van der Waals surface area (Å²) >= 11 is 0. The Bertz CT molecular complexity index is 451. The van der Waals surface area contributed by atoms with Gasteiger partial charge < -0.3 is 9.84 Å². The zero-order valence-electron chi connectivity index (χ0n) is 8.42. The van der Waals surface area contributed by atoms with Crippen LogP contribution < -0.4 is 4.74 Å². The number of aromatic nitrogens is 2. The highest BCUT2D eigenvalue weighted by Gasteiger charge is 1.98. The van der Waals surface area contributed by atoms with Crippen molar-refractivity contribution in [3.05, 3.63) is 42.2 Å². The highest BCUT2D eigenvalue weighted by atomic mass is 16.5. The number of phenolic OH excluding ortho intramolecular Hbond substituents is 1. The van der Waals surface area contributed by atoms with Crippen LogP contribution in [0.25, 0.3) is 0 Å². The van der Waals surface area contributed by atoms with E-state index in [1.807, 2.05) is 13.2 Å². The molecule has 0 aliphatic carbocycles. The number of nitrogens with zero attached hydrogens (tertiary/aromatic N) is 2. The molecule has 0 unspecified atom stereocenters. The first-order chi connectivity index (χ1) is 7.24. The number of rotatable bonds is 3. The van der Waals surface area contributed by atoms with Gasteiger partial charge in [-0.25, -0.2) is 0 Å². The Morgan fingerprint density at radius 1 is 1.47 bits per heavy atom. The van der Waals surface area contributed by atoms with E-state index >= 15 is 0 Å². The fraction of sp³-hybridized carbons (Fsp3) is 0.182. The van der Waals surface area contributed by atoms with Gasteiger partial charge in [-0.2, -0.15) is 5.10 Å². The van der Waals surface area contributed by atoms with Crippen molar-refractivity contribution in [1.82, 2.24) is 9.78 Å². The molecule has 0 bridgehead atoms. The largest absolute Gasteiger partial charge is 0.508 e. The smallest absolute Gasteiger partial charge is 0.123 e. The molecule has 78 valence electrons. The maximum atomic E-state index is 9.22. The van der Waals surface area contributed by atoms with Gasteiger partial charge in [-0.15, -0.1) is 0 Å².